The molecule has 0 heterocycles. The van der Waals surface area contributed by atoms with Crippen LogP contribution in [0, 0.1) is 11.3 Å². The molecular weight excluding hydrogens is 344 g/mol. The fraction of sp³-hybridized carbons (Fsp3) is 0.0588. The molecule has 0 saturated carbocycles. The van der Waals surface area contributed by atoms with Gasteiger partial charge >= 0.3 is 0 Å². The van der Waals surface area contributed by atoms with Crippen LogP contribution in [0.4, 0.5) is 0 Å². The van der Waals surface area contributed by atoms with Gasteiger partial charge in [0.05, 0.1) is 0 Å². The van der Waals surface area contributed by atoms with E-state index in [4.69, 9.17) is 15.7 Å². The molecule has 4 nitrogen and oxygen atoms in total. The molecular formula is C17H13BrN2O2. The van der Waals surface area contributed by atoms with Crippen molar-refractivity contribution in [3.8, 4) is 11.8 Å². The first-order valence-corrected chi connectivity index (χ1v) is 7.27. The van der Waals surface area contributed by atoms with Crippen LogP contribution in [0.5, 0.6) is 5.75 Å². The summed E-state index contributed by atoms with van der Waals surface area (Å²) in [5.41, 5.74) is 6.68. The molecule has 0 aromatic heterocycles. The molecule has 0 aliphatic carbocycles. The predicted molar refractivity (Wildman–Crippen MR) is 87.7 cm³/mol. The minimum absolute atomic E-state index is 0.123. The molecule has 110 valence electrons. The van der Waals surface area contributed by atoms with Crippen molar-refractivity contribution < 1.29 is 9.53 Å². The van der Waals surface area contributed by atoms with E-state index in [2.05, 4.69) is 15.9 Å². The topological polar surface area (TPSA) is 76.1 Å². The van der Waals surface area contributed by atoms with E-state index in [1.807, 2.05) is 36.4 Å². The third kappa shape index (κ3) is 4.21. The normalized spacial score (nSPS) is 10.8. The van der Waals surface area contributed by atoms with Gasteiger partial charge in [0.1, 0.15) is 24.0 Å². The highest BCUT2D eigenvalue weighted by molar-refractivity contribution is 9.10. The maximum Gasteiger partial charge on any atom is 0.259 e. The Labute approximate surface area is 136 Å². The molecule has 2 aromatic rings. The Bertz CT molecular complexity index is 749. The molecule has 1 amide bonds. The molecule has 2 N–H and O–H groups in total. The summed E-state index contributed by atoms with van der Waals surface area (Å²) in [6, 6.07) is 16.9. The Balaban J connectivity index is 2.28. The second-order valence-electron chi connectivity index (χ2n) is 4.49. The van der Waals surface area contributed by atoms with Gasteiger partial charge in [-0.1, -0.05) is 46.3 Å². The number of carbonyl (C=O) groups excluding carboxylic acids is 1. The van der Waals surface area contributed by atoms with Crippen LogP contribution >= 0.6 is 15.9 Å². The van der Waals surface area contributed by atoms with Gasteiger partial charge in [-0.25, -0.2) is 0 Å². The Morgan fingerprint density at radius 3 is 2.64 bits per heavy atom. The first-order chi connectivity index (χ1) is 10.6. The maximum absolute atomic E-state index is 11.2. The summed E-state index contributed by atoms with van der Waals surface area (Å²) in [5.74, 6) is -0.197. The zero-order chi connectivity index (χ0) is 15.9. The lowest BCUT2D eigenvalue weighted by molar-refractivity contribution is -0.114. The number of amides is 1. The van der Waals surface area contributed by atoms with Crippen LogP contribution in [0.15, 0.2) is 58.6 Å². The summed E-state index contributed by atoms with van der Waals surface area (Å²) in [6.45, 7) is 0.391. The van der Waals surface area contributed by atoms with Crippen molar-refractivity contribution >= 4 is 27.9 Å². The van der Waals surface area contributed by atoms with E-state index < -0.39 is 5.91 Å². The Hall–Kier alpha value is -2.58. The number of carbonyl (C=O) groups is 1. The Morgan fingerprint density at radius 1 is 1.27 bits per heavy atom. The van der Waals surface area contributed by atoms with Crippen LogP contribution < -0.4 is 10.5 Å². The molecule has 22 heavy (non-hydrogen) atoms. The zero-order valence-corrected chi connectivity index (χ0v) is 13.2. The van der Waals surface area contributed by atoms with Gasteiger partial charge in [0.2, 0.25) is 0 Å². The number of hydrogen-bond acceptors (Lipinski definition) is 3. The van der Waals surface area contributed by atoms with Gasteiger partial charge in [-0.2, -0.15) is 5.26 Å². The van der Waals surface area contributed by atoms with Gasteiger partial charge in [0.15, 0.2) is 0 Å². The van der Waals surface area contributed by atoms with Crippen molar-refractivity contribution in [3.05, 3.63) is 69.7 Å². The largest absolute Gasteiger partial charge is 0.488 e. The molecule has 2 rings (SSSR count). The van der Waals surface area contributed by atoms with Crippen LogP contribution in [0.2, 0.25) is 0 Å². The molecule has 5 heteroatoms. The lowest BCUT2D eigenvalue weighted by Gasteiger charge is -2.10. The molecule has 0 radical (unpaired) electrons. The second kappa shape index (κ2) is 7.43. The third-order valence-electron chi connectivity index (χ3n) is 2.89. The van der Waals surface area contributed by atoms with Crippen molar-refractivity contribution in [1.29, 1.82) is 5.26 Å². The van der Waals surface area contributed by atoms with E-state index in [-0.39, 0.29) is 5.57 Å². The number of nitriles is 1. The Kier molecular flexibility index (Phi) is 5.34. The number of hydrogen-bond donors (Lipinski definition) is 1. The quantitative estimate of drug-likeness (QED) is 0.658. The molecule has 0 spiro atoms. The van der Waals surface area contributed by atoms with Crippen molar-refractivity contribution in [2.24, 2.45) is 5.73 Å². The molecule has 0 saturated heterocycles. The number of nitrogens with zero attached hydrogens (tertiary/aromatic N) is 1. The maximum atomic E-state index is 11.2. The van der Waals surface area contributed by atoms with Crippen molar-refractivity contribution in [2.45, 2.75) is 6.61 Å². The van der Waals surface area contributed by atoms with E-state index in [9.17, 15) is 4.79 Å². The first-order valence-electron chi connectivity index (χ1n) is 6.48. The number of primary amides is 1. The monoisotopic (exact) mass is 356 g/mol. The summed E-state index contributed by atoms with van der Waals surface area (Å²) in [5, 5.41) is 8.95. The molecule has 0 atom stereocenters. The molecule has 0 aliphatic rings. The highest BCUT2D eigenvalue weighted by Gasteiger charge is 2.08. The highest BCUT2D eigenvalue weighted by atomic mass is 79.9. The lowest BCUT2D eigenvalue weighted by Crippen LogP contribution is -2.12. The van der Waals surface area contributed by atoms with E-state index in [1.165, 1.54) is 6.08 Å². The lowest BCUT2D eigenvalue weighted by atomic mass is 10.1. The molecule has 0 bridgehead atoms. The standard InChI is InChI=1S/C17H13BrN2O2/c18-15-6-7-16(22-11-12-4-2-1-3-5-12)13(9-15)8-14(10-19)17(20)21/h1-9H,11H2,(H2,20,21)/b14-8+. The summed E-state index contributed by atoms with van der Waals surface area (Å²) in [4.78, 5) is 11.2. The van der Waals surface area contributed by atoms with Gasteiger partial charge in [0, 0.05) is 10.0 Å². The number of rotatable bonds is 5. The molecule has 2 aromatic carbocycles. The van der Waals surface area contributed by atoms with E-state index in [1.54, 1.807) is 18.2 Å². The van der Waals surface area contributed by atoms with Gasteiger partial charge in [-0.15, -0.1) is 0 Å². The first kappa shape index (κ1) is 15.8. The highest BCUT2D eigenvalue weighted by Crippen LogP contribution is 2.26. The van der Waals surface area contributed by atoms with Crippen LogP contribution in [-0.2, 0) is 11.4 Å². The summed E-state index contributed by atoms with van der Waals surface area (Å²) in [7, 11) is 0. The minimum atomic E-state index is -0.767. The number of ether oxygens (including phenoxy) is 1. The average Bonchev–Trinajstić information content (AvgIpc) is 2.52. The summed E-state index contributed by atoms with van der Waals surface area (Å²) >= 11 is 3.36. The smallest absolute Gasteiger partial charge is 0.259 e. The minimum Gasteiger partial charge on any atom is -0.488 e. The number of halogens is 1. The SMILES string of the molecule is N#C/C(=C\c1cc(Br)ccc1OCc1ccccc1)C(N)=O. The van der Waals surface area contributed by atoms with Gasteiger partial charge in [0.25, 0.3) is 5.91 Å². The zero-order valence-electron chi connectivity index (χ0n) is 11.6. The van der Waals surface area contributed by atoms with Crippen molar-refractivity contribution in [2.75, 3.05) is 0 Å². The van der Waals surface area contributed by atoms with E-state index in [0.717, 1.165) is 10.0 Å². The van der Waals surface area contributed by atoms with Crippen molar-refractivity contribution in [3.63, 3.8) is 0 Å². The second-order valence-corrected chi connectivity index (χ2v) is 5.41. The average molecular weight is 357 g/mol. The fourth-order valence-corrected chi connectivity index (χ4v) is 2.19. The van der Waals surface area contributed by atoms with E-state index in [0.29, 0.717) is 17.9 Å². The van der Waals surface area contributed by atoms with E-state index >= 15 is 0 Å². The summed E-state index contributed by atoms with van der Waals surface area (Å²) in [6.07, 6.45) is 1.42. The Morgan fingerprint density at radius 2 is 2.00 bits per heavy atom. The van der Waals surface area contributed by atoms with Crippen LogP contribution in [0.3, 0.4) is 0 Å². The molecule has 0 fully saturated rings. The third-order valence-corrected chi connectivity index (χ3v) is 3.39. The molecule has 0 aliphatic heterocycles. The predicted octanol–water partition coefficient (Wildman–Crippen LogP) is 3.42. The van der Waals surface area contributed by atoms with Crippen LogP contribution in [0.25, 0.3) is 6.08 Å². The van der Waals surface area contributed by atoms with Gasteiger partial charge in [-0.05, 0) is 29.8 Å². The van der Waals surface area contributed by atoms with Crippen molar-refractivity contribution in [1.82, 2.24) is 0 Å². The van der Waals surface area contributed by atoms with Gasteiger partial charge < -0.3 is 10.5 Å². The van der Waals surface area contributed by atoms with Crippen LogP contribution in [-0.4, -0.2) is 5.91 Å². The fourth-order valence-electron chi connectivity index (χ4n) is 1.81. The number of nitrogens with two attached hydrogens (primary N) is 1. The van der Waals surface area contributed by atoms with Gasteiger partial charge in [-0.3, -0.25) is 4.79 Å². The summed E-state index contributed by atoms with van der Waals surface area (Å²) < 4.78 is 6.59. The number of benzene rings is 2. The van der Waals surface area contributed by atoms with Crippen LogP contribution in [0.1, 0.15) is 11.1 Å². The molecule has 0 unspecified atom stereocenters.